The fraction of sp³-hybridized carbons (Fsp3) is 1.00. The summed E-state index contributed by atoms with van der Waals surface area (Å²) in [5.74, 6) is 1.41. The Labute approximate surface area is 94.8 Å². The Morgan fingerprint density at radius 2 is 1.40 bits per heavy atom. The number of hydroxylamine groups is 3. The number of nitrogens with zero attached hydrogens (tertiary/aromatic N) is 1. The van der Waals surface area contributed by atoms with Crippen molar-refractivity contribution in [2.24, 2.45) is 11.8 Å². The van der Waals surface area contributed by atoms with Gasteiger partial charge in [0.1, 0.15) is 0 Å². The molecule has 2 atom stereocenters. The highest BCUT2D eigenvalue weighted by Crippen LogP contribution is 2.35. The van der Waals surface area contributed by atoms with Crippen LogP contribution in [0.25, 0.3) is 0 Å². The molecule has 0 saturated carbocycles. The first kappa shape index (κ1) is 13.0. The molecule has 0 spiro atoms. The fourth-order valence-electron chi connectivity index (χ4n) is 3.21. The van der Waals surface area contributed by atoms with Crippen LogP contribution in [0.4, 0.5) is 0 Å². The van der Waals surface area contributed by atoms with Gasteiger partial charge in [-0.05, 0) is 19.3 Å². The molecule has 1 aliphatic heterocycles. The molecule has 2 nitrogen and oxygen atoms in total. The number of likely N-dealkylation sites (tertiary alicyclic amines) is 1. The molecule has 0 radical (unpaired) electrons. The molecule has 0 bridgehead atoms. The molecule has 1 heterocycles. The summed E-state index contributed by atoms with van der Waals surface area (Å²) in [6.07, 6.45) is 6.02. The first-order chi connectivity index (χ1) is 7.15. The Morgan fingerprint density at radius 1 is 0.933 bits per heavy atom. The average Bonchev–Trinajstić information content (AvgIpc) is 2.45. The molecule has 0 unspecified atom stereocenters. The molecule has 0 aromatic heterocycles. The second-order valence-electron chi connectivity index (χ2n) is 5.24. The fourth-order valence-corrected chi connectivity index (χ4v) is 3.21. The molecular weight excluding hydrogens is 186 g/mol. The molecule has 0 aromatic carbocycles. The molecule has 1 aliphatic rings. The number of rotatable bonds is 6. The predicted molar refractivity (Wildman–Crippen MR) is 65.3 cm³/mol. The lowest BCUT2D eigenvalue weighted by atomic mass is 9.89. The topological polar surface area (TPSA) is 23.1 Å². The first-order valence-corrected chi connectivity index (χ1v) is 6.72. The lowest BCUT2D eigenvalue weighted by molar-refractivity contribution is -0.871. The SMILES string of the molecule is CCC[C@@H]1C[N+]([O-])(CCC)C[C@H]1CCC. The Morgan fingerprint density at radius 3 is 1.73 bits per heavy atom. The van der Waals surface area contributed by atoms with E-state index < -0.39 is 0 Å². The van der Waals surface area contributed by atoms with E-state index in [1.807, 2.05) is 0 Å². The molecule has 2 heteroatoms. The summed E-state index contributed by atoms with van der Waals surface area (Å²) in [5, 5.41) is 12.4. The van der Waals surface area contributed by atoms with Gasteiger partial charge in [0, 0.05) is 11.8 Å². The van der Waals surface area contributed by atoms with Gasteiger partial charge >= 0.3 is 0 Å². The standard InChI is InChI=1S/C13H27NO/c1-4-7-12-10-14(15,9-6-3)11-13(12)8-5-2/h12-13H,4-11H2,1-3H3/t12-,13-/m1/s1. The summed E-state index contributed by atoms with van der Waals surface area (Å²) >= 11 is 0. The Balaban J connectivity index is 2.55. The van der Waals surface area contributed by atoms with E-state index in [-0.39, 0.29) is 4.65 Å². The highest BCUT2D eigenvalue weighted by Gasteiger charge is 2.38. The molecule has 0 N–H and O–H groups in total. The maximum atomic E-state index is 12.4. The van der Waals surface area contributed by atoms with Crippen molar-refractivity contribution in [3.8, 4) is 0 Å². The monoisotopic (exact) mass is 213 g/mol. The van der Waals surface area contributed by atoms with Crippen LogP contribution in [0.5, 0.6) is 0 Å². The quantitative estimate of drug-likeness (QED) is 0.489. The van der Waals surface area contributed by atoms with Gasteiger partial charge < -0.3 is 9.85 Å². The lowest BCUT2D eigenvalue weighted by Crippen LogP contribution is -2.40. The van der Waals surface area contributed by atoms with Gasteiger partial charge in [0.15, 0.2) is 0 Å². The highest BCUT2D eigenvalue weighted by molar-refractivity contribution is 4.76. The normalized spacial score (nSPS) is 29.6. The molecule has 90 valence electrons. The van der Waals surface area contributed by atoms with E-state index >= 15 is 0 Å². The van der Waals surface area contributed by atoms with Gasteiger partial charge in [-0.15, -0.1) is 0 Å². The molecular formula is C13H27NO. The third-order valence-corrected chi connectivity index (χ3v) is 3.75. The minimum atomic E-state index is 0.103. The number of quaternary nitrogens is 1. The highest BCUT2D eigenvalue weighted by atomic mass is 16.5. The van der Waals surface area contributed by atoms with Gasteiger partial charge in [0.05, 0.1) is 19.6 Å². The van der Waals surface area contributed by atoms with Gasteiger partial charge in [0.2, 0.25) is 0 Å². The smallest absolute Gasteiger partial charge is 0.0817 e. The predicted octanol–water partition coefficient (Wildman–Crippen LogP) is 3.56. The van der Waals surface area contributed by atoms with Gasteiger partial charge in [-0.3, -0.25) is 0 Å². The Hall–Kier alpha value is -0.0800. The van der Waals surface area contributed by atoms with Crippen LogP contribution in [0.3, 0.4) is 0 Å². The lowest BCUT2D eigenvalue weighted by Gasteiger charge is -2.39. The van der Waals surface area contributed by atoms with Crippen molar-refractivity contribution in [2.75, 3.05) is 19.6 Å². The maximum Gasteiger partial charge on any atom is 0.0817 e. The maximum absolute atomic E-state index is 12.4. The van der Waals surface area contributed by atoms with Crippen LogP contribution in [-0.2, 0) is 0 Å². The molecule has 1 saturated heterocycles. The summed E-state index contributed by atoms with van der Waals surface area (Å²) in [5.41, 5.74) is 0. The zero-order valence-corrected chi connectivity index (χ0v) is 10.7. The molecule has 15 heavy (non-hydrogen) atoms. The summed E-state index contributed by atoms with van der Waals surface area (Å²) in [6.45, 7) is 9.22. The van der Waals surface area contributed by atoms with E-state index in [2.05, 4.69) is 20.8 Å². The largest absolute Gasteiger partial charge is 0.633 e. The molecule has 0 aromatic rings. The van der Waals surface area contributed by atoms with E-state index in [0.29, 0.717) is 11.8 Å². The minimum absolute atomic E-state index is 0.103. The van der Waals surface area contributed by atoms with Crippen molar-refractivity contribution in [3.05, 3.63) is 5.21 Å². The van der Waals surface area contributed by atoms with E-state index in [0.717, 1.165) is 26.1 Å². The van der Waals surface area contributed by atoms with Crippen LogP contribution in [0, 0.1) is 17.0 Å². The summed E-state index contributed by atoms with van der Waals surface area (Å²) in [7, 11) is 0. The van der Waals surface area contributed by atoms with Crippen LogP contribution < -0.4 is 0 Å². The van der Waals surface area contributed by atoms with Crippen LogP contribution in [0.2, 0.25) is 0 Å². The van der Waals surface area contributed by atoms with Gasteiger partial charge in [0.25, 0.3) is 0 Å². The van der Waals surface area contributed by atoms with Crippen molar-refractivity contribution >= 4 is 0 Å². The van der Waals surface area contributed by atoms with Gasteiger partial charge in [-0.2, -0.15) is 0 Å². The van der Waals surface area contributed by atoms with E-state index in [9.17, 15) is 5.21 Å². The van der Waals surface area contributed by atoms with Crippen molar-refractivity contribution in [1.82, 2.24) is 0 Å². The van der Waals surface area contributed by atoms with Crippen molar-refractivity contribution in [3.63, 3.8) is 0 Å². The van der Waals surface area contributed by atoms with Crippen molar-refractivity contribution in [1.29, 1.82) is 0 Å². The molecule has 1 fully saturated rings. The van der Waals surface area contributed by atoms with Crippen LogP contribution in [-0.4, -0.2) is 24.3 Å². The van der Waals surface area contributed by atoms with Gasteiger partial charge in [-0.25, -0.2) is 0 Å². The Kier molecular flexibility index (Phi) is 5.07. The van der Waals surface area contributed by atoms with Crippen molar-refractivity contribution < 1.29 is 4.65 Å². The Bertz CT molecular complexity index is 167. The molecule has 0 aliphatic carbocycles. The third kappa shape index (κ3) is 3.46. The number of hydrogen-bond acceptors (Lipinski definition) is 1. The number of hydrogen-bond donors (Lipinski definition) is 0. The average molecular weight is 213 g/mol. The third-order valence-electron chi connectivity index (χ3n) is 3.75. The zero-order chi connectivity index (χ0) is 11.3. The van der Waals surface area contributed by atoms with Gasteiger partial charge in [-0.1, -0.05) is 33.6 Å². The van der Waals surface area contributed by atoms with E-state index in [1.165, 1.54) is 25.7 Å². The molecule has 0 amide bonds. The summed E-state index contributed by atoms with van der Waals surface area (Å²) in [4.78, 5) is 0. The minimum Gasteiger partial charge on any atom is -0.633 e. The zero-order valence-electron chi connectivity index (χ0n) is 10.7. The molecule has 1 rings (SSSR count). The first-order valence-electron chi connectivity index (χ1n) is 6.72. The second-order valence-corrected chi connectivity index (χ2v) is 5.24. The summed E-state index contributed by atoms with van der Waals surface area (Å²) in [6, 6.07) is 0. The summed E-state index contributed by atoms with van der Waals surface area (Å²) < 4.78 is 0.103. The van der Waals surface area contributed by atoms with Crippen LogP contribution >= 0.6 is 0 Å². The van der Waals surface area contributed by atoms with Crippen LogP contribution in [0.1, 0.15) is 52.9 Å². The van der Waals surface area contributed by atoms with E-state index in [1.54, 1.807) is 0 Å². The van der Waals surface area contributed by atoms with E-state index in [4.69, 9.17) is 0 Å². The van der Waals surface area contributed by atoms with Crippen LogP contribution in [0.15, 0.2) is 0 Å². The second kappa shape index (κ2) is 5.86. The van der Waals surface area contributed by atoms with Crippen molar-refractivity contribution in [2.45, 2.75) is 52.9 Å².